The number of likely N-dealkylation sites (N-methyl/N-ethyl adjacent to an activating group) is 1. The van der Waals surface area contributed by atoms with Crippen LogP contribution in [0, 0.1) is 0 Å². The van der Waals surface area contributed by atoms with E-state index >= 15 is 0 Å². The van der Waals surface area contributed by atoms with Gasteiger partial charge in [0.15, 0.2) is 5.96 Å². The number of amides is 1. The second-order valence-electron chi connectivity index (χ2n) is 3.59. The van der Waals surface area contributed by atoms with E-state index in [0.29, 0.717) is 23.9 Å². The van der Waals surface area contributed by atoms with Crippen LogP contribution in [0.2, 0.25) is 0 Å². The van der Waals surface area contributed by atoms with E-state index in [1.165, 1.54) is 0 Å². The Hall–Kier alpha value is -0.740. The lowest BCUT2D eigenvalue weighted by Gasteiger charge is -2.18. The highest BCUT2D eigenvalue weighted by molar-refractivity contribution is 14.0. The SMILES string of the molecule is CCNC(=NCC(=O)N(C)CC(F)(F)F)NCC.I. The fourth-order valence-electron chi connectivity index (χ4n) is 1.13. The van der Waals surface area contributed by atoms with Crippen LogP contribution < -0.4 is 10.6 Å². The van der Waals surface area contributed by atoms with Gasteiger partial charge in [-0.1, -0.05) is 0 Å². The van der Waals surface area contributed by atoms with Crippen molar-refractivity contribution in [3.8, 4) is 0 Å². The van der Waals surface area contributed by atoms with E-state index in [0.717, 1.165) is 7.05 Å². The van der Waals surface area contributed by atoms with Gasteiger partial charge >= 0.3 is 6.18 Å². The van der Waals surface area contributed by atoms with Crippen LogP contribution in [-0.4, -0.2) is 56.2 Å². The third-order valence-electron chi connectivity index (χ3n) is 1.90. The van der Waals surface area contributed by atoms with Crippen LogP contribution in [0.5, 0.6) is 0 Å². The summed E-state index contributed by atoms with van der Waals surface area (Å²) in [5.41, 5.74) is 0. The average molecular weight is 396 g/mol. The van der Waals surface area contributed by atoms with Crippen molar-refractivity contribution in [2.24, 2.45) is 4.99 Å². The Bertz CT molecular complexity index is 289. The van der Waals surface area contributed by atoms with E-state index in [4.69, 9.17) is 0 Å². The molecule has 9 heteroatoms. The van der Waals surface area contributed by atoms with Crippen LogP contribution in [-0.2, 0) is 4.79 Å². The first-order chi connectivity index (χ1) is 8.30. The minimum atomic E-state index is -4.39. The van der Waals surface area contributed by atoms with Crippen LogP contribution in [0.4, 0.5) is 13.2 Å². The smallest absolute Gasteiger partial charge is 0.357 e. The summed E-state index contributed by atoms with van der Waals surface area (Å²) in [5.74, 6) is -0.269. The van der Waals surface area contributed by atoms with E-state index in [1.807, 2.05) is 13.8 Å². The molecule has 0 radical (unpaired) electrons. The highest BCUT2D eigenvalue weighted by Gasteiger charge is 2.30. The lowest BCUT2D eigenvalue weighted by atomic mass is 10.5. The van der Waals surface area contributed by atoms with Crippen LogP contribution in [0.15, 0.2) is 4.99 Å². The zero-order chi connectivity index (χ0) is 14.2. The fraction of sp³-hybridized carbons (Fsp3) is 0.800. The Balaban J connectivity index is 0. The first-order valence-corrected chi connectivity index (χ1v) is 5.63. The Morgan fingerprint density at radius 1 is 1.21 bits per heavy atom. The fourth-order valence-corrected chi connectivity index (χ4v) is 1.13. The second-order valence-corrected chi connectivity index (χ2v) is 3.59. The molecule has 0 unspecified atom stereocenters. The molecule has 1 amide bonds. The normalized spacial score (nSPS) is 10.2. The number of halogens is 4. The van der Waals surface area contributed by atoms with Crippen molar-refractivity contribution < 1.29 is 18.0 Å². The summed E-state index contributed by atoms with van der Waals surface area (Å²) >= 11 is 0. The van der Waals surface area contributed by atoms with E-state index in [2.05, 4.69) is 15.6 Å². The molecule has 0 bridgehead atoms. The van der Waals surface area contributed by atoms with Gasteiger partial charge in [0, 0.05) is 20.1 Å². The van der Waals surface area contributed by atoms with Crippen molar-refractivity contribution >= 4 is 35.8 Å². The Kier molecular flexibility index (Phi) is 10.9. The summed E-state index contributed by atoms with van der Waals surface area (Å²) in [7, 11) is 1.10. The number of hydrogen-bond acceptors (Lipinski definition) is 2. The van der Waals surface area contributed by atoms with Gasteiger partial charge in [-0.3, -0.25) is 4.79 Å². The van der Waals surface area contributed by atoms with Gasteiger partial charge in [0.1, 0.15) is 13.1 Å². The molecule has 0 spiro atoms. The number of carbonyl (C=O) groups is 1. The molecule has 0 heterocycles. The number of alkyl halides is 3. The molecule has 0 aromatic heterocycles. The van der Waals surface area contributed by atoms with Gasteiger partial charge in [-0.25, -0.2) is 4.99 Å². The maximum Gasteiger partial charge on any atom is 0.406 e. The Morgan fingerprint density at radius 3 is 2.05 bits per heavy atom. The van der Waals surface area contributed by atoms with Gasteiger partial charge in [-0.05, 0) is 13.8 Å². The third kappa shape index (κ3) is 10.8. The first kappa shape index (κ1) is 20.6. The van der Waals surface area contributed by atoms with E-state index in [1.54, 1.807) is 0 Å². The molecule has 0 aliphatic carbocycles. The predicted octanol–water partition coefficient (Wildman–Crippen LogP) is 1.20. The van der Waals surface area contributed by atoms with Crippen molar-refractivity contribution in [3.05, 3.63) is 0 Å². The Morgan fingerprint density at radius 2 is 1.68 bits per heavy atom. The molecule has 114 valence electrons. The zero-order valence-corrected chi connectivity index (χ0v) is 13.5. The van der Waals surface area contributed by atoms with Gasteiger partial charge in [-0.15, -0.1) is 24.0 Å². The van der Waals surface area contributed by atoms with Gasteiger partial charge in [0.2, 0.25) is 5.91 Å². The van der Waals surface area contributed by atoms with Gasteiger partial charge in [-0.2, -0.15) is 13.2 Å². The second kappa shape index (κ2) is 10.1. The monoisotopic (exact) mass is 396 g/mol. The molecule has 5 nitrogen and oxygen atoms in total. The summed E-state index contributed by atoms with van der Waals surface area (Å²) in [6.45, 7) is 3.34. The van der Waals surface area contributed by atoms with Gasteiger partial charge in [0.25, 0.3) is 0 Å². The van der Waals surface area contributed by atoms with E-state index in [9.17, 15) is 18.0 Å². The number of guanidine groups is 1. The van der Waals surface area contributed by atoms with Gasteiger partial charge in [0.05, 0.1) is 0 Å². The average Bonchev–Trinajstić information content (AvgIpc) is 2.23. The molecule has 19 heavy (non-hydrogen) atoms. The highest BCUT2D eigenvalue weighted by Crippen LogP contribution is 2.15. The van der Waals surface area contributed by atoms with E-state index in [-0.39, 0.29) is 30.5 Å². The third-order valence-corrected chi connectivity index (χ3v) is 1.90. The van der Waals surface area contributed by atoms with Crippen molar-refractivity contribution in [3.63, 3.8) is 0 Å². The molecule has 0 aromatic rings. The number of rotatable bonds is 5. The highest BCUT2D eigenvalue weighted by atomic mass is 127. The molecule has 0 aliphatic heterocycles. The number of hydrogen-bond donors (Lipinski definition) is 2. The minimum absolute atomic E-state index is 0. The molecule has 0 aliphatic rings. The first-order valence-electron chi connectivity index (χ1n) is 5.63. The van der Waals surface area contributed by atoms with Crippen LogP contribution in [0.25, 0.3) is 0 Å². The quantitative estimate of drug-likeness (QED) is 0.417. The van der Waals surface area contributed by atoms with Gasteiger partial charge < -0.3 is 15.5 Å². The molecule has 0 saturated carbocycles. The van der Waals surface area contributed by atoms with E-state index < -0.39 is 18.6 Å². The van der Waals surface area contributed by atoms with Crippen LogP contribution in [0.3, 0.4) is 0 Å². The molecular weight excluding hydrogens is 376 g/mol. The number of nitrogens with one attached hydrogen (secondary N) is 2. The molecule has 2 N–H and O–H groups in total. The lowest BCUT2D eigenvalue weighted by molar-refractivity contribution is -0.157. The maximum absolute atomic E-state index is 12.1. The molecule has 0 rings (SSSR count). The predicted molar refractivity (Wildman–Crippen MR) is 78.8 cm³/mol. The lowest BCUT2D eigenvalue weighted by Crippen LogP contribution is -2.40. The maximum atomic E-state index is 12.1. The number of aliphatic imine (C=N–C) groups is 1. The number of carbonyl (C=O) groups excluding carboxylic acids is 1. The molecule has 0 aromatic carbocycles. The topological polar surface area (TPSA) is 56.7 Å². The molecule has 0 atom stereocenters. The summed E-state index contributed by atoms with van der Waals surface area (Å²) in [6, 6.07) is 0. The summed E-state index contributed by atoms with van der Waals surface area (Å²) in [6.07, 6.45) is -4.39. The van der Waals surface area contributed by atoms with Crippen molar-refractivity contribution in [1.29, 1.82) is 0 Å². The molecule has 0 saturated heterocycles. The van der Waals surface area contributed by atoms with Crippen LogP contribution >= 0.6 is 24.0 Å². The molecule has 0 fully saturated rings. The molecular formula is C10H20F3IN4O. The number of nitrogens with zero attached hydrogens (tertiary/aromatic N) is 2. The summed E-state index contributed by atoms with van der Waals surface area (Å²) in [4.78, 5) is 15.9. The minimum Gasteiger partial charge on any atom is -0.357 e. The largest absolute Gasteiger partial charge is 0.406 e. The van der Waals surface area contributed by atoms with Crippen molar-refractivity contribution in [2.45, 2.75) is 20.0 Å². The van der Waals surface area contributed by atoms with Crippen LogP contribution in [0.1, 0.15) is 13.8 Å². The standard InChI is InChI=1S/C10H19F3N4O.HI/c1-4-14-9(15-5-2)16-6-8(18)17(3)7-10(11,12)13;/h4-7H2,1-3H3,(H2,14,15,16);1H. The summed E-state index contributed by atoms with van der Waals surface area (Å²) < 4.78 is 36.2. The zero-order valence-electron chi connectivity index (χ0n) is 11.2. The summed E-state index contributed by atoms with van der Waals surface area (Å²) in [5, 5.41) is 5.74. The van der Waals surface area contributed by atoms with Crippen molar-refractivity contribution in [2.75, 3.05) is 33.2 Å². The van der Waals surface area contributed by atoms with Crippen molar-refractivity contribution in [1.82, 2.24) is 15.5 Å². The Labute approximate surface area is 128 Å².